The zero-order valence-electron chi connectivity index (χ0n) is 11.4. The SMILES string of the molecule is CCCC1(CN(CC)CC(F)(F)F)CCNCC1. The van der Waals surface area contributed by atoms with Crippen LogP contribution in [0.3, 0.4) is 0 Å². The van der Waals surface area contributed by atoms with Crippen LogP contribution in [0.2, 0.25) is 0 Å². The fraction of sp³-hybridized carbons (Fsp3) is 1.00. The Hall–Kier alpha value is -0.290. The molecule has 1 aliphatic heterocycles. The van der Waals surface area contributed by atoms with E-state index in [-0.39, 0.29) is 5.41 Å². The highest BCUT2D eigenvalue weighted by molar-refractivity contribution is 4.87. The molecule has 0 aliphatic carbocycles. The summed E-state index contributed by atoms with van der Waals surface area (Å²) in [6.45, 7) is 6.07. The summed E-state index contributed by atoms with van der Waals surface area (Å²) < 4.78 is 37.5. The number of rotatable bonds is 6. The zero-order chi connectivity index (χ0) is 13.6. The second-order valence-corrected chi connectivity index (χ2v) is 5.42. The van der Waals surface area contributed by atoms with E-state index in [4.69, 9.17) is 0 Å². The summed E-state index contributed by atoms with van der Waals surface area (Å²) in [6.07, 6.45) is -0.0205. The van der Waals surface area contributed by atoms with Crippen molar-refractivity contribution >= 4 is 0 Å². The number of alkyl halides is 3. The summed E-state index contributed by atoms with van der Waals surface area (Å²) in [6, 6.07) is 0. The Morgan fingerprint density at radius 3 is 2.22 bits per heavy atom. The monoisotopic (exact) mass is 266 g/mol. The van der Waals surface area contributed by atoms with Crippen molar-refractivity contribution in [3.05, 3.63) is 0 Å². The second-order valence-electron chi connectivity index (χ2n) is 5.42. The van der Waals surface area contributed by atoms with E-state index in [2.05, 4.69) is 12.2 Å². The first-order valence-corrected chi connectivity index (χ1v) is 6.90. The third-order valence-electron chi connectivity index (χ3n) is 3.85. The molecular weight excluding hydrogens is 241 g/mol. The summed E-state index contributed by atoms with van der Waals surface area (Å²) in [5.41, 5.74) is 0.0846. The number of nitrogens with zero attached hydrogens (tertiary/aromatic N) is 1. The predicted octanol–water partition coefficient (Wildman–Crippen LogP) is 3.04. The van der Waals surface area contributed by atoms with Crippen LogP contribution in [0, 0.1) is 5.41 Å². The molecule has 0 aromatic carbocycles. The average molecular weight is 266 g/mol. The van der Waals surface area contributed by atoms with Crippen molar-refractivity contribution < 1.29 is 13.2 Å². The van der Waals surface area contributed by atoms with Gasteiger partial charge in [-0.3, -0.25) is 4.90 Å². The molecule has 0 atom stereocenters. The molecule has 1 rings (SSSR count). The van der Waals surface area contributed by atoms with Crippen LogP contribution in [0.15, 0.2) is 0 Å². The fourth-order valence-corrected chi connectivity index (χ4v) is 2.98. The van der Waals surface area contributed by atoms with Crippen LogP contribution in [0.1, 0.15) is 39.5 Å². The minimum Gasteiger partial charge on any atom is -0.317 e. The molecule has 1 heterocycles. The van der Waals surface area contributed by atoms with E-state index in [0.717, 1.165) is 38.8 Å². The van der Waals surface area contributed by atoms with Crippen molar-refractivity contribution in [1.82, 2.24) is 10.2 Å². The lowest BCUT2D eigenvalue weighted by atomic mass is 9.75. The summed E-state index contributed by atoms with van der Waals surface area (Å²) in [4.78, 5) is 1.56. The summed E-state index contributed by atoms with van der Waals surface area (Å²) in [5.74, 6) is 0. The van der Waals surface area contributed by atoms with Crippen molar-refractivity contribution in [1.29, 1.82) is 0 Å². The molecule has 0 radical (unpaired) electrons. The Morgan fingerprint density at radius 2 is 1.78 bits per heavy atom. The van der Waals surface area contributed by atoms with Gasteiger partial charge >= 0.3 is 6.18 Å². The number of piperidine rings is 1. The van der Waals surface area contributed by atoms with E-state index < -0.39 is 12.7 Å². The van der Waals surface area contributed by atoms with Gasteiger partial charge in [0.05, 0.1) is 6.54 Å². The number of hydrogen-bond acceptors (Lipinski definition) is 2. The van der Waals surface area contributed by atoms with Crippen LogP contribution < -0.4 is 5.32 Å². The van der Waals surface area contributed by atoms with Crippen molar-refractivity contribution in [3.8, 4) is 0 Å². The lowest BCUT2D eigenvalue weighted by molar-refractivity contribution is -0.149. The number of halogens is 3. The zero-order valence-corrected chi connectivity index (χ0v) is 11.4. The fourth-order valence-electron chi connectivity index (χ4n) is 2.98. The lowest BCUT2D eigenvalue weighted by Crippen LogP contribution is -2.47. The molecule has 0 amide bonds. The van der Waals surface area contributed by atoms with Gasteiger partial charge in [-0.15, -0.1) is 0 Å². The van der Waals surface area contributed by atoms with Gasteiger partial charge in [0.1, 0.15) is 0 Å². The molecule has 0 bridgehead atoms. The second kappa shape index (κ2) is 6.75. The quantitative estimate of drug-likeness (QED) is 0.795. The van der Waals surface area contributed by atoms with E-state index in [1.165, 1.54) is 0 Å². The van der Waals surface area contributed by atoms with Crippen molar-refractivity contribution in [3.63, 3.8) is 0 Å². The van der Waals surface area contributed by atoms with Gasteiger partial charge in [-0.25, -0.2) is 0 Å². The first kappa shape index (κ1) is 15.8. The van der Waals surface area contributed by atoms with Gasteiger partial charge in [0, 0.05) is 6.54 Å². The van der Waals surface area contributed by atoms with Crippen molar-refractivity contribution in [2.75, 3.05) is 32.7 Å². The molecule has 5 heteroatoms. The maximum absolute atomic E-state index is 12.5. The molecule has 1 aliphatic rings. The van der Waals surface area contributed by atoms with Crippen LogP contribution in [0.4, 0.5) is 13.2 Å². The van der Waals surface area contributed by atoms with Gasteiger partial charge < -0.3 is 5.32 Å². The van der Waals surface area contributed by atoms with E-state index in [1.807, 2.05) is 6.92 Å². The topological polar surface area (TPSA) is 15.3 Å². The van der Waals surface area contributed by atoms with Crippen LogP contribution in [0.5, 0.6) is 0 Å². The molecule has 1 N–H and O–H groups in total. The normalized spacial score (nSPS) is 20.3. The maximum Gasteiger partial charge on any atom is 0.401 e. The minimum absolute atomic E-state index is 0.0846. The van der Waals surface area contributed by atoms with Crippen LogP contribution in [0.25, 0.3) is 0 Å². The minimum atomic E-state index is -4.09. The molecule has 0 aromatic heterocycles. The van der Waals surface area contributed by atoms with E-state index in [1.54, 1.807) is 4.90 Å². The largest absolute Gasteiger partial charge is 0.401 e. The van der Waals surface area contributed by atoms with Crippen molar-refractivity contribution in [2.24, 2.45) is 5.41 Å². The molecule has 0 unspecified atom stereocenters. The highest BCUT2D eigenvalue weighted by Crippen LogP contribution is 2.35. The van der Waals surface area contributed by atoms with Gasteiger partial charge in [0.25, 0.3) is 0 Å². The molecule has 1 fully saturated rings. The van der Waals surface area contributed by atoms with E-state index in [9.17, 15) is 13.2 Å². The Labute approximate surface area is 108 Å². The highest BCUT2D eigenvalue weighted by atomic mass is 19.4. The third kappa shape index (κ3) is 5.14. The summed E-state index contributed by atoms with van der Waals surface area (Å²) in [7, 11) is 0. The number of nitrogens with one attached hydrogen (secondary N) is 1. The Kier molecular flexibility index (Phi) is 5.92. The van der Waals surface area contributed by atoms with Crippen LogP contribution in [-0.4, -0.2) is 43.8 Å². The van der Waals surface area contributed by atoms with E-state index in [0.29, 0.717) is 13.1 Å². The van der Waals surface area contributed by atoms with E-state index >= 15 is 0 Å². The molecule has 108 valence electrons. The molecule has 0 saturated carbocycles. The van der Waals surface area contributed by atoms with Gasteiger partial charge in [0.15, 0.2) is 0 Å². The number of hydrogen-bond donors (Lipinski definition) is 1. The standard InChI is InChI=1S/C13H25F3N2/c1-3-5-12(6-8-17-9-7-12)10-18(4-2)11-13(14,15)16/h17H,3-11H2,1-2H3. The van der Waals surface area contributed by atoms with Crippen LogP contribution >= 0.6 is 0 Å². The van der Waals surface area contributed by atoms with Gasteiger partial charge in [-0.05, 0) is 44.3 Å². The predicted molar refractivity (Wildman–Crippen MR) is 67.6 cm³/mol. The van der Waals surface area contributed by atoms with Gasteiger partial charge in [-0.2, -0.15) is 13.2 Å². The smallest absolute Gasteiger partial charge is 0.317 e. The Bertz CT molecular complexity index is 229. The van der Waals surface area contributed by atoms with Crippen molar-refractivity contribution in [2.45, 2.75) is 45.7 Å². The van der Waals surface area contributed by atoms with Crippen LogP contribution in [-0.2, 0) is 0 Å². The molecule has 2 nitrogen and oxygen atoms in total. The lowest BCUT2D eigenvalue weighted by Gasteiger charge is -2.41. The molecule has 18 heavy (non-hydrogen) atoms. The maximum atomic E-state index is 12.5. The Balaban J connectivity index is 2.62. The summed E-state index contributed by atoms with van der Waals surface area (Å²) in [5, 5.41) is 3.30. The third-order valence-corrected chi connectivity index (χ3v) is 3.85. The molecule has 0 spiro atoms. The Morgan fingerprint density at radius 1 is 1.17 bits per heavy atom. The highest BCUT2D eigenvalue weighted by Gasteiger charge is 2.36. The van der Waals surface area contributed by atoms with Gasteiger partial charge in [0.2, 0.25) is 0 Å². The average Bonchev–Trinajstić information content (AvgIpc) is 2.28. The first-order chi connectivity index (χ1) is 8.41. The molecular formula is C13H25F3N2. The molecule has 0 aromatic rings. The first-order valence-electron chi connectivity index (χ1n) is 6.90. The summed E-state index contributed by atoms with van der Waals surface area (Å²) >= 11 is 0. The molecule has 1 saturated heterocycles. The van der Waals surface area contributed by atoms with Gasteiger partial charge in [-0.1, -0.05) is 20.3 Å².